The molecule has 0 N–H and O–H groups in total. The van der Waals surface area contributed by atoms with Gasteiger partial charge < -0.3 is 14.2 Å². The highest BCUT2D eigenvalue weighted by Crippen LogP contribution is 2.70. The second-order valence-electron chi connectivity index (χ2n) is 6.19. The van der Waals surface area contributed by atoms with E-state index in [9.17, 15) is 0 Å². The lowest BCUT2D eigenvalue weighted by molar-refractivity contribution is -0.299. The van der Waals surface area contributed by atoms with Gasteiger partial charge in [-0.05, 0) is 32.8 Å². The van der Waals surface area contributed by atoms with Crippen molar-refractivity contribution in [3.63, 3.8) is 0 Å². The second-order valence-corrected chi connectivity index (χ2v) is 8.06. The summed E-state index contributed by atoms with van der Waals surface area (Å²) in [5, 5.41) is 0. The highest BCUT2D eigenvalue weighted by atomic mass is 32.2. The molecular formula is C13H20O3S2. The maximum absolute atomic E-state index is 6.28. The van der Waals surface area contributed by atoms with Crippen LogP contribution in [0.5, 0.6) is 0 Å². The highest BCUT2D eigenvalue weighted by molar-refractivity contribution is 7.99. The molecule has 0 spiro atoms. The minimum absolute atomic E-state index is 0.303. The van der Waals surface area contributed by atoms with E-state index in [0.717, 1.165) is 0 Å². The van der Waals surface area contributed by atoms with Gasteiger partial charge in [-0.25, -0.2) is 0 Å². The lowest BCUT2D eigenvalue weighted by atomic mass is 9.83. The number of ether oxygens (including phenoxy) is 3. The Kier molecular flexibility index (Phi) is 2.47. The molecule has 6 unspecified atom stereocenters. The monoisotopic (exact) mass is 288 g/mol. The number of thioether (sulfide) groups is 2. The van der Waals surface area contributed by atoms with Gasteiger partial charge in [0.25, 0.3) is 0 Å². The van der Waals surface area contributed by atoms with Crippen LogP contribution in [-0.2, 0) is 14.2 Å². The first-order chi connectivity index (χ1) is 8.52. The zero-order valence-electron chi connectivity index (χ0n) is 11.2. The van der Waals surface area contributed by atoms with E-state index in [0.29, 0.717) is 34.5 Å². The fourth-order valence-corrected chi connectivity index (χ4v) is 6.79. The fraction of sp³-hybridized carbons (Fsp3) is 1.00. The van der Waals surface area contributed by atoms with Crippen molar-refractivity contribution in [3.05, 3.63) is 0 Å². The highest BCUT2D eigenvalue weighted by Gasteiger charge is 2.76. The first kappa shape index (κ1) is 12.3. The maximum atomic E-state index is 6.28. The molecule has 4 rings (SSSR count). The number of hydrogen-bond acceptors (Lipinski definition) is 5. The van der Waals surface area contributed by atoms with E-state index < -0.39 is 11.6 Å². The molecule has 3 nitrogen and oxygen atoms in total. The van der Waals surface area contributed by atoms with Gasteiger partial charge >= 0.3 is 0 Å². The molecule has 18 heavy (non-hydrogen) atoms. The molecule has 1 saturated carbocycles. The third-order valence-electron chi connectivity index (χ3n) is 5.33. The lowest BCUT2D eigenvalue weighted by Gasteiger charge is -2.30. The van der Waals surface area contributed by atoms with Crippen LogP contribution in [0.2, 0.25) is 0 Å². The Morgan fingerprint density at radius 2 is 1.33 bits per heavy atom. The molecule has 3 heterocycles. The van der Waals surface area contributed by atoms with Gasteiger partial charge in [-0.2, -0.15) is 0 Å². The molecule has 3 aliphatic heterocycles. The molecule has 4 aliphatic rings. The van der Waals surface area contributed by atoms with Crippen molar-refractivity contribution >= 4 is 23.5 Å². The Bertz CT molecular complexity index is 358. The van der Waals surface area contributed by atoms with Crippen LogP contribution < -0.4 is 0 Å². The smallest absolute Gasteiger partial charge is 0.174 e. The summed E-state index contributed by atoms with van der Waals surface area (Å²) in [4.78, 5) is 0. The van der Waals surface area contributed by atoms with Gasteiger partial charge in [0.05, 0.1) is 0 Å². The minimum Gasteiger partial charge on any atom is -0.336 e. The van der Waals surface area contributed by atoms with E-state index in [4.69, 9.17) is 14.2 Å². The molecule has 0 amide bonds. The van der Waals surface area contributed by atoms with Crippen LogP contribution >= 0.6 is 23.5 Å². The maximum Gasteiger partial charge on any atom is 0.174 e. The third kappa shape index (κ3) is 1.26. The quantitative estimate of drug-likeness (QED) is 0.779. The molecule has 0 radical (unpaired) electrons. The van der Waals surface area contributed by atoms with Crippen LogP contribution in [-0.4, -0.2) is 35.0 Å². The summed E-state index contributed by atoms with van der Waals surface area (Å²) >= 11 is 3.66. The van der Waals surface area contributed by atoms with Crippen LogP contribution in [0, 0.1) is 23.7 Å². The van der Waals surface area contributed by atoms with Crippen LogP contribution in [0.4, 0.5) is 0 Å². The molecule has 8 atom stereocenters. The molecule has 0 aromatic rings. The van der Waals surface area contributed by atoms with E-state index >= 15 is 0 Å². The number of rotatable bonds is 2. The molecule has 0 aromatic carbocycles. The molecular weight excluding hydrogens is 268 g/mol. The van der Waals surface area contributed by atoms with E-state index in [2.05, 4.69) is 26.4 Å². The molecule has 3 saturated heterocycles. The summed E-state index contributed by atoms with van der Waals surface area (Å²) in [6, 6.07) is 0. The van der Waals surface area contributed by atoms with Crippen LogP contribution in [0.25, 0.3) is 0 Å². The zero-order valence-corrected chi connectivity index (χ0v) is 12.8. The molecule has 102 valence electrons. The Hall–Kier alpha value is 0.580. The first-order valence-electron chi connectivity index (χ1n) is 6.64. The summed E-state index contributed by atoms with van der Waals surface area (Å²) in [6.07, 6.45) is 5.52. The third-order valence-corrected chi connectivity index (χ3v) is 7.16. The summed E-state index contributed by atoms with van der Waals surface area (Å²) < 4.78 is 18.7. The first-order valence-corrected chi connectivity index (χ1v) is 9.21. The predicted molar refractivity (Wildman–Crippen MR) is 73.2 cm³/mol. The van der Waals surface area contributed by atoms with Crippen molar-refractivity contribution in [1.29, 1.82) is 0 Å². The van der Waals surface area contributed by atoms with Gasteiger partial charge in [0, 0.05) is 23.7 Å². The van der Waals surface area contributed by atoms with Gasteiger partial charge in [0.1, 0.15) is 10.9 Å². The minimum atomic E-state index is -0.421. The van der Waals surface area contributed by atoms with Gasteiger partial charge in [0.15, 0.2) is 11.6 Å². The van der Waals surface area contributed by atoms with Crippen molar-refractivity contribution in [2.45, 2.75) is 42.7 Å². The lowest BCUT2D eigenvalue weighted by Crippen LogP contribution is -2.36. The Morgan fingerprint density at radius 3 is 1.72 bits per heavy atom. The summed E-state index contributed by atoms with van der Waals surface area (Å²) in [6.45, 7) is 4.23. The zero-order chi connectivity index (χ0) is 12.7. The van der Waals surface area contributed by atoms with Gasteiger partial charge in [-0.15, -0.1) is 23.5 Å². The standard InChI is InChI=1S/C13H20O3S2/c1-12-8-6(10(14-12)17-3)5-7-9(8)13(2,16-12)15-11(7)18-4/h6-11H,5H2,1-4H3/t6?,7?,8?,9?,10-,11+,12?,13?. The predicted octanol–water partition coefficient (Wildman–Crippen LogP) is 2.76. The van der Waals surface area contributed by atoms with E-state index in [1.807, 2.05) is 23.5 Å². The molecule has 0 aromatic heterocycles. The summed E-state index contributed by atoms with van der Waals surface area (Å²) in [5.74, 6) is 1.47. The van der Waals surface area contributed by atoms with Crippen molar-refractivity contribution in [1.82, 2.24) is 0 Å². The summed E-state index contributed by atoms with van der Waals surface area (Å²) in [5.41, 5.74) is 0.607. The topological polar surface area (TPSA) is 27.7 Å². The molecule has 0 bridgehead atoms. The van der Waals surface area contributed by atoms with Crippen molar-refractivity contribution in [2.75, 3.05) is 12.5 Å². The van der Waals surface area contributed by atoms with Crippen LogP contribution in [0.15, 0.2) is 0 Å². The average molecular weight is 288 g/mol. The van der Waals surface area contributed by atoms with Gasteiger partial charge in [0.2, 0.25) is 0 Å². The largest absolute Gasteiger partial charge is 0.336 e. The van der Waals surface area contributed by atoms with E-state index in [1.54, 1.807) is 0 Å². The number of hydrogen-bond donors (Lipinski definition) is 0. The average Bonchev–Trinajstić information content (AvgIpc) is 2.95. The van der Waals surface area contributed by atoms with Gasteiger partial charge in [-0.3, -0.25) is 0 Å². The molecule has 5 heteroatoms. The second kappa shape index (κ2) is 3.61. The van der Waals surface area contributed by atoms with Crippen LogP contribution in [0.3, 0.4) is 0 Å². The Labute approximate surface area is 117 Å². The van der Waals surface area contributed by atoms with Gasteiger partial charge in [-0.1, -0.05) is 0 Å². The SMILES string of the molecule is CS[C@H]1OC2(C)OC3(C)O[C@@H](SC)C4CC1C2C43. The Morgan fingerprint density at radius 1 is 0.889 bits per heavy atom. The Balaban J connectivity index is 1.76. The van der Waals surface area contributed by atoms with E-state index in [1.165, 1.54) is 6.42 Å². The van der Waals surface area contributed by atoms with Crippen LogP contribution in [0.1, 0.15) is 20.3 Å². The summed E-state index contributed by atoms with van der Waals surface area (Å²) in [7, 11) is 0. The normalized spacial score (nSPS) is 64.7. The fourth-order valence-electron chi connectivity index (χ4n) is 4.96. The van der Waals surface area contributed by atoms with Crippen molar-refractivity contribution < 1.29 is 14.2 Å². The van der Waals surface area contributed by atoms with E-state index in [-0.39, 0.29) is 0 Å². The van der Waals surface area contributed by atoms with Crippen molar-refractivity contribution in [2.24, 2.45) is 23.7 Å². The molecule has 4 fully saturated rings. The van der Waals surface area contributed by atoms with Crippen molar-refractivity contribution in [3.8, 4) is 0 Å². The molecule has 1 aliphatic carbocycles.